The molecule has 0 aliphatic rings. The van der Waals surface area contributed by atoms with E-state index in [0.717, 1.165) is 6.08 Å². The zero-order valence-electron chi connectivity index (χ0n) is 6.60. The first-order valence-electron chi connectivity index (χ1n) is 3.39. The quantitative estimate of drug-likeness (QED) is 0.460. The molecule has 0 bridgehead atoms. The Morgan fingerprint density at radius 2 is 2.09 bits per heavy atom. The lowest BCUT2D eigenvalue weighted by molar-refractivity contribution is -0.00883. The lowest BCUT2D eigenvalue weighted by Crippen LogP contribution is -2.22. The third-order valence-electron chi connectivity index (χ3n) is 1.08. The average molecular weight is 163 g/mol. The van der Waals surface area contributed by atoms with Crippen LogP contribution in [0.25, 0.3) is 0 Å². The Morgan fingerprint density at radius 1 is 1.55 bits per heavy atom. The number of alkyl halides is 2. The first-order valence-corrected chi connectivity index (χ1v) is 3.39. The summed E-state index contributed by atoms with van der Waals surface area (Å²) in [6.07, 6.45) is 0.854. The molecule has 0 radical (unpaired) electrons. The molecule has 4 heteroatoms. The molecule has 0 aromatic heterocycles. The summed E-state index contributed by atoms with van der Waals surface area (Å²) >= 11 is 0. The predicted octanol–water partition coefficient (Wildman–Crippen LogP) is 2.00. The van der Waals surface area contributed by atoms with Crippen molar-refractivity contribution in [2.75, 3.05) is 6.54 Å². The van der Waals surface area contributed by atoms with E-state index in [1.54, 1.807) is 13.8 Å². The summed E-state index contributed by atoms with van der Waals surface area (Å²) in [7, 11) is 0. The van der Waals surface area contributed by atoms with Crippen molar-refractivity contribution in [2.24, 2.45) is 10.9 Å². The summed E-state index contributed by atoms with van der Waals surface area (Å²) in [6.45, 7) is 2.64. The molecular formula is C7H11F2NO. The summed E-state index contributed by atoms with van der Waals surface area (Å²) < 4.78 is 25.2. The van der Waals surface area contributed by atoms with Crippen LogP contribution in [0.2, 0.25) is 0 Å². The second-order valence-corrected chi connectivity index (χ2v) is 2.86. The second-order valence-electron chi connectivity index (χ2n) is 2.86. The largest absolute Gasteiger partial charge is 0.268 e. The summed E-state index contributed by atoms with van der Waals surface area (Å²) in [5.74, 6) is -2.95. The van der Waals surface area contributed by atoms with Crippen LogP contribution in [0.1, 0.15) is 20.3 Å². The van der Waals surface area contributed by atoms with Crippen molar-refractivity contribution >= 4 is 6.08 Å². The van der Waals surface area contributed by atoms with Crippen LogP contribution < -0.4 is 0 Å². The predicted molar refractivity (Wildman–Crippen MR) is 37.4 cm³/mol. The minimum absolute atomic E-state index is 0.0909. The van der Waals surface area contributed by atoms with Gasteiger partial charge in [-0.05, 0) is 5.92 Å². The van der Waals surface area contributed by atoms with Gasteiger partial charge in [-0.2, -0.15) is 4.99 Å². The fourth-order valence-corrected chi connectivity index (χ4v) is 0.810. The molecule has 0 fully saturated rings. The number of nitrogens with zero attached hydrogens (tertiary/aromatic N) is 1. The molecule has 0 aromatic carbocycles. The zero-order valence-corrected chi connectivity index (χ0v) is 6.60. The molecule has 0 saturated carbocycles. The Labute approximate surface area is 64.3 Å². The minimum atomic E-state index is -2.86. The van der Waals surface area contributed by atoms with E-state index in [-0.39, 0.29) is 12.3 Å². The first-order chi connectivity index (χ1) is 4.98. The fourth-order valence-electron chi connectivity index (χ4n) is 0.810. The third kappa shape index (κ3) is 5.67. The third-order valence-corrected chi connectivity index (χ3v) is 1.08. The standard InChI is InChI=1S/C7H11F2NO/c1-6(2)3-7(8,9)4-10-5-11/h6H,3-4H2,1-2H3. The van der Waals surface area contributed by atoms with Gasteiger partial charge in [0.15, 0.2) is 0 Å². The summed E-state index contributed by atoms with van der Waals surface area (Å²) in [5, 5.41) is 0. The van der Waals surface area contributed by atoms with E-state index in [2.05, 4.69) is 4.99 Å². The van der Waals surface area contributed by atoms with Crippen LogP contribution in [0, 0.1) is 5.92 Å². The number of isocyanates is 1. The molecule has 0 heterocycles. The topological polar surface area (TPSA) is 29.4 Å². The molecule has 0 atom stereocenters. The van der Waals surface area contributed by atoms with Crippen molar-refractivity contribution < 1.29 is 13.6 Å². The van der Waals surface area contributed by atoms with E-state index in [1.807, 2.05) is 0 Å². The minimum Gasteiger partial charge on any atom is -0.211 e. The molecule has 0 spiro atoms. The zero-order chi connectivity index (χ0) is 8.91. The Kier molecular flexibility index (Phi) is 3.90. The van der Waals surface area contributed by atoms with Gasteiger partial charge < -0.3 is 0 Å². The highest BCUT2D eigenvalue weighted by molar-refractivity contribution is 5.32. The highest BCUT2D eigenvalue weighted by Crippen LogP contribution is 2.23. The highest BCUT2D eigenvalue weighted by Gasteiger charge is 2.29. The highest BCUT2D eigenvalue weighted by atomic mass is 19.3. The molecule has 0 N–H and O–H groups in total. The van der Waals surface area contributed by atoms with Gasteiger partial charge in [0, 0.05) is 6.42 Å². The van der Waals surface area contributed by atoms with Gasteiger partial charge in [0.2, 0.25) is 6.08 Å². The lowest BCUT2D eigenvalue weighted by Gasteiger charge is -2.14. The van der Waals surface area contributed by atoms with Crippen LogP contribution in [0.4, 0.5) is 8.78 Å². The van der Waals surface area contributed by atoms with Crippen LogP contribution in [0.5, 0.6) is 0 Å². The fraction of sp³-hybridized carbons (Fsp3) is 0.857. The first kappa shape index (κ1) is 10.2. The van der Waals surface area contributed by atoms with E-state index in [1.165, 1.54) is 0 Å². The maximum atomic E-state index is 12.6. The van der Waals surface area contributed by atoms with Crippen molar-refractivity contribution in [1.82, 2.24) is 0 Å². The Balaban J connectivity index is 3.88. The van der Waals surface area contributed by atoms with E-state index < -0.39 is 12.5 Å². The second kappa shape index (κ2) is 4.19. The van der Waals surface area contributed by atoms with Crippen molar-refractivity contribution in [1.29, 1.82) is 0 Å². The van der Waals surface area contributed by atoms with E-state index in [4.69, 9.17) is 0 Å². The molecule has 2 nitrogen and oxygen atoms in total. The number of hydrogen-bond acceptors (Lipinski definition) is 2. The molecule has 0 unspecified atom stereocenters. The maximum absolute atomic E-state index is 12.6. The number of rotatable bonds is 4. The SMILES string of the molecule is CC(C)CC(F)(F)CN=C=O. The molecular weight excluding hydrogens is 152 g/mol. The number of carbonyl (C=O) groups excluding carboxylic acids is 1. The van der Waals surface area contributed by atoms with Crippen molar-refractivity contribution in [3.8, 4) is 0 Å². The number of hydrogen-bond donors (Lipinski definition) is 0. The van der Waals surface area contributed by atoms with Crippen LogP contribution in [-0.2, 0) is 4.79 Å². The van der Waals surface area contributed by atoms with E-state index in [0.29, 0.717) is 0 Å². The Bertz CT molecular complexity index is 162. The van der Waals surface area contributed by atoms with Gasteiger partial charge in [0.05, 0.1) is 0 Å². The monoisotopic (exact) mass is 163 g/mol. The van der Waals surface area contributed by atoms with E-state index in [9.17, 15) is 13.6 Å². The lowest BCUT2D eigenvalue weighted by atomic mass is 10.1. The van der Waals surface area contributed by atoms with Gasteiger partial charge in [-0.15, -0.1) is 0 Å². The van der Waals surface area contributed by atoms with Gasteiger partial charge in [0.25, 0.3) is 5.92 Å². The van der Waals surface area contributed by atoms with Gasteiger partial charge in [-0.3, -0.25) is 0 Å². The average Bonchev–Trinajstić information content (AvgIpc) is 1.81. The van der Waals surface area contributed by atoms with Gasteiger partial charge >= 0.3 is 0 Å². The molecule has 0 aliphatic heterocycles. The maximum Gasteiger partial charge on any atom is 0.268 e. The molecule has 64 valence electrons. The normalized spacial score (nSPS) is 11.4. The van der Waals surface area contributed by atoms with Crippen molar-refractivity contribution in [3.63, 3.8) is 0 Å². The number of halogens is 2. The van der Waals surface area contributed by atoms with Crippen molar-refractivity contribution in [3.05, 3.63) is 0 Å². The van der Waals surface area contributed by atoms with Crippen molar-refractivity contribution in [2.45, 2.75) is 26.2 Å². The molecule has 0 amide bonds. The summed E-state index contributed by atoms with van der Waals surface area (Å²) in [4.78, 5) is 12.4. The van der Waals surface area contributed by atoms with Crippen LogP contribution in [0.3, 0.4) is 0 Å². The molecule has 0 saturated heterocycles. The van der Waals surface area contributed by atoms with Crippen LogP contribution in [-0.4, -0.2) is 18.5 Å². The van der Waals surface area contributed by atoms with Gasteiger partial charge in [-0.1, -0.05) is 13.8 Å². The number of aliphatic imine (C=N–C) groups is 1. The van der Waals surface area contributed by atoms with Gasteiger partial charge in [-0.25, -0.2) is 13.6 Å². The van der Waals surface area contributed by atoms with E-state index >= 15 is 0 Å². The van der Waals surface area contributed by atoms with Crippen LogP contribution >= 0.6 is 0 Å². The summed E-state index contributed by atoms with van der Waals surface area (Å²) in [5.41, 5.74) is 0. The Hall–Kier alpha value is -0.760. The Morgan fingerprint density at radius 3 is 2.45 bits per heavy atom. The van der Waals surface area contributed by atoms with Gasteiger partial charge in [0.1, 0.15) is 6.54 Å². The smallest absolute Gasteiger partial charge is 0.211 e. The molecule has 0 rings (SSSR count). The molecule has 11 heavy (non-hydrogen) atoms. The van der Waals surface area contributed by atoms with Crippen LogP contribution in [0.15, 0.2) is 4.99 Å². The summed E-state index contributed by atoms with van der Waals surface area (Å²) in [6, 6.07) is 0. The molecule has 0 aliphatic carbocycles. The molecule has 0 aromatic rings.